The van der Waals surface area contributed by atoms with Gasteiger partial charge >= 0.3 is 0 Å². The van der Waals surface area contributed by atoms with Gasteiger partial charge in [0, 0.05) is 22.8 Å². The lowest BCUT2D eigenvalue weighted by Crippen LogP contribution is -2.30. The monoisotopic (exact) mass is 461 g/mol. The number of benzene rings is 3. The zero-order valence-electron chi connectivity index (χ0n) is 16.8. The van der Waals surface area contributed by atoms with Crippen LogP contribution in [-0.4, -0.2) is 24.2 Å². The van der Waals surface area contributed by atoms with E-state index in [9.17, 15) is 23.3 Å². The number of non-ortho nitro benzene ring substituents is 1. The first kappa shape index (κ1) is 21.5. The molecule has 0 fully saturated rings. The number of H-pyrrole nitrogens is 1. The smallest absolute Gasteiger partial charge is 0.293 e. The van der Waals surface area contributed by atoms with Crippen LogP contribution < -0.4 is 10.0 Å². The molecule has 0 radical (unpaired) electrons. The predicted octanol–water partition coefficient (Wildman–Crippen LogP) is 3.81. The second kappa shape index (κ2) is 8.45. The van der Waals surface area contributed by atoms with E-state index < -0.39 is 20.9 Å². The summed E-state index contributed by atoms with van der Waals surface area (Å²) in [4.78, 5) is 26.1. The van der Waals surface area contributed by atoms with Gasteiger partial charge in [-0.15, -0.1) is 0 Å². The minimum atomic E-state index is -4.14. The number of amides is 1. The minimum absolute atomic E-state index is 0.0451. The van der Waals surface area contributed by atoms with Gasteiger partial charge in [0.2, 0.25) is 0 Å². The molecule has 4 rings (SSSR count). The summed E-state index contributed by atoms with van der Waals surface area (Å²) in [6.45, 7) is 0. The van der Waals surface area contributed by atoms with Crippen LogP contribution in [0.2, 0.25) is 0 Å². The quantitative estimate of drug-likeness (QED) is 0.291. The molecule has 33 heavy (non-hydrogen) atoms. The second-order valence-electron chi connectivity index (χ2n) is 6.93. The first-order chi connectivity index (χ1) is 15.8. The number of sulfonamides is 1. The molecule has 0 aliphatic heterocycles. The number of nitriles is 1. The number of aromatic nitrogens is 1. The molecule has 11 heteroatoms. The SMILES string of the molecule is N#Cc1cccc(Nc2ccc([N+](=O)[O-])c3[nH]c(C(=O)NS(=O)(=O)c4ccccc4)cc23)c1. The normalized spacial score (nSPS) is 11.0. The molecule has 0 atom stereocenters. The number of nitrogens with one attached hydrogen (secondary N) is 3. The third-order valence-electron chi connectivity index (χ3n) is 4.76. The molecule has 3 N–H and O–H groups in total. The van der Waals surface area contributed by atoms with Gasteiger partial charge in [0.25, 0.3) is 21.6 Å². The van der Waals surface area contributed by atoms with Gasteiger partial charge in [-0.2, -0.15) is 5.26 Å². The van der Waals surface area contributed by atoms with E-state index in [4.69, 9.17) is 5.26 Å². The van der Waals surface area contributed by atoms with Gasteiger partial charge in [0.1, 0.15) is 11.2 Å². The maximum absolute atomic E-state index is 12.7. The lowest BCUT2D eigenvalue weighted by molar-refractivity contribution is -0.383. The van der Waals surface area contributed by atoms with E-state index >= 15 is 0 Å². The van der Waals surface area contributed by atoms with Crippen LogP contribution in [0.5, 0.6) is 0 Å². The molecule has 0 saturated carbocycles. The Morgan fingerprint density at radius 3 is 2.48 bits per heavy atom. The fraction of sp³-hybridized carbons (Fsp3) is 0. The number of carbonyl (C=O) groups is 1. The molecule has 0 aliphatic carbocycles. The number of hydrogen-bond acceptors (Lipinski definition) is 7. The zero-order chi connectivity index (χ0) is 23.6. The summed E-state index contributed by atoms with van der Waals surface area (Å²) >= 11 is 0. The third-order valence-corrected chi connectivity index (χ3v) is 6.11. The standard InChI is InChI=1S/C22H15N5O5S/c23-13-14-5-4-6-15(11-14)24-18-9-10-20(27(29)30)21-17(18)12-19(25-21)22(28)26-33(31,32)16-7-2-1-3-8-16/h1-12,24-25H,(H,26,28). The Balaban J connectivity index is 1.74. The van der Waals surface area contributed by atoms with Crippen molar-refractivity contribution in [2.75, 3.05) is 5.32 Å². The molecule has 0 aliphatic rings. The van der Waals surface area contributed by atoms with Gasteiger partial charge < -0.3 is 10.3 Å². The van der Waals surface area contributed by atoms with Crippen molar-refractivity contribution in [3.05, 3.63) is 94.2 Å². The highest BCUT2D eigenvalue weighted by atomic mass is 32.2. The Bertz CT molecular complexity index is 1540. The predicted molar refractivity (Wildman–Crippen MR) is 120 cm³/mol. The molecule has 0 unspecified atom stereocenters. The number of aromatic amines is 1. The van der Waals surface area contributed by atoms with Gasteiger partial charge in [-0.3, -0.25) is 14.9 Å². The van der Waals surface area contributed by atoms with E-state index in [1.807, 2.05) is 10.8 Å². The summed E-state index contributed by atoms with van der Waals surface area (Å²) < 4.78 is 26.9. The number of hydrogen-bond donors (Lipinski definition) is 3. The van der Waals surface area contributed by atoms with Crippen LogP contribution in [0, 0.1) is 21.4 Å². The zero-order valence-corrected chi connectivity index (χ0v) is 17.6. The number of nitro benzene ring substituents is 1. The molecule has 164 valence electrons. The van der Waals surface area contributed by atoms with E-state index in [1.165, 1.54) is 42.5 Å². The number of nitro groups is 1. The molecule has 4 aromatic rings. The molecule has 0 saturated heterocycles. The van der Waals surface area contributed by atoms with Gasteiger partial charge in [-0.25, -0.2) is 13.1 Å². The molecular weight excluding hydrogens is 446 g/mol. The van der Waals surface area contributed by atoms with Crippen LogP contribution in [0.4, 0.5) is 17.1 Å². The van der Waals surface area contributed by atoms with E-state index in [-0.39, 0.29) is 21.8 Å². The Morgan fingerprint density at radius 1 is 1.03 bits per heavy atom. The largest absolute Gasteiger partial charge is 0.355 e. The van der Waals surface area contributed by atoms with Crippen molar-refractivity contribution in [1.29, 1.82) is 5.26 Å². The van der Waals surface area contributed by atoms with Crippen molar-refractivity contribution < 1.29 is 18.1 Å². The van der Waals surface area contributed by atoms with Crippen molar-refractivity contribution in [1.82, 2.24) is 9.71 Å². The van der Waals surface area contributed by atoms with Crippen LogP contribution in [0.1, 0.15) is 16.1 Å². The molecule has 0 bridgehead atoms. The number of rotatable bonds is 6. The van der Waals surface area contributed by atoms with Gasteiger partial charge in [-0.1, -0.05) is 24.3 Å². The van der Waals surface area contributed by atoms with Crippen LogP contribution in [0.3, 0.4) is 0 Å². The first-order valence-electron chi connectivity index (χ1n) is 9.48. The maximum atomic E-state index is 12.7. The summed E-state index contributed by atoms with van der Waals surface area (Å²) in [5.41, 5.74) is 0.982. The van der Waals surface area contributed by atoms with Crippen LogP contribution >= 0.6 is 0 Å². The van der Waals surface area contributed by atoms with E-state index in [1.54, 1.807) is 30.3 Å². The number of anilines is 2. The van der Waals surface area contributed by atoms with E-state index in [0.29, 0.717) is 22.3 Å². The Labute approximate surface area is 187 Å². The Kier molecular flexibility index (Phi) is 5.51. The Morgan fingerprint density at radius 2 is 1.79 bits per heavy atom. The summed E-state index contributed by atoms with van der Waals surface area (Å²) in [7, 11) is -4.14. The topological polar surface area (TPSA) is 158 Å². The highest BCUT2D eigenvalue weighted by Gasteiger charge is 2.23. The molecule has 1 aromatic heterocycles. The fourth-order valence-electron chi connectivity index (χ4n) is 3.25. The average Bonchev–Trinajstić information content (AvgIpc) is 3.26. The number of nitrogens with zero attached hydrogens (tertiary/aromatic N) is 2. The van der Waals surface area contributed by atoms with Crippen LogP contribution in [0.25, 0.3) is 10.9 Å². The van der Waals surface area contributed by atoms with Crippen molar-refractivity contribution >= 4 is 43.9 Å². The van der Waals surface area contributed by atoms with Crippen molar-refractivity contribution in [3.8, 4) is 6.07 Å². The van der Waals surface area contributed by atoms with Gasteiger partial charge in [0.05, 0.1) is 21.5 Å². The van der Waals surface area contributed by atoms with Crippen LogP contribution in [-0.2, 0) is 10.0 Å². The lowest BCUT2D eigenvalue weighted by atomic mass is 10.1. The maximum Gasteiger partial charge on any atom is 0.293 e. The molecule has 3 aromatic carbocycles. The first-order valence-corrected chi connectivity index (χ1v) is 11.0. The van der Waals surface area contributed by atoms with Gasteiger partial charge in [0.15, 0.2) is 0 Å². The van der Waals surface area contributed by atoms with Crippen molar-refractivity contribution in [2.45, 2.75) is 4.90 Å². The Hall–Kier alpha value is -4.69. The molecular formula is C22H15N5O5S. The molecule has 0 spiro atoms. The van der Waals surface area contributed by atoms with E-state index in [2.05, 4.69) is 10.3 Å². The second-order valence-corrected chi connectivity index (χ2v) is 8.61. The highest BCUT2D eigenvalue weighted by molar-refractivity contribution is 7.90. The molecule has 10 nitrogen and oxygen atoms in total. The highest BCUT2D eigenvalue weighted by Crippen LogP contribution is 2.33. The summed E-state index contributed by atoms with van der Waals surface area (Å²) in [6.07, 6.45) is 0. The summed E-state index contributed by atoms with van der Waals surface area (Å²) in [6, 6.07) is 20.0. The number of fused-ring (bicyclic) bond motifs is 1. The molecule has 1 amide bonds. The van der Waals surface area contributed by atoms with E-state index in [0.717, 1.165) is 0 Å². The van der Waals surface area contributed by atoms with Crippen molar-refractivity contribution in [2.24, 2.45) is 0 Å². The lowest BCUT2D eigenvalue weighted by Gasteiger charge is -2.08. The van der Waals surface area contributed by atoms with Crippen molar-refractivity contribution in [3.63, 3.8) is 0 Å². The average molecular weight is 461 g/mol. The van der Waals surface area contributed by atoms with Gasteiger partial charge in [-0.05, 0) is 42.5 Å². The third kappa shape index (κ3) is 4.36. The fourth-order valence-corrected chi connectivity index (χ4v) is 4.23. The summed E-state index contributed by atoms with van der Waals surface area (Å²) in [5, 5.41) is 23.9. The minimum Gasteiger partial charge on any atom is -0.355 e. The summed E-state index contributed by atoms with van der Waals surface area (Å²) in [5.74, 6) is -0.971. The van der Waals surface area contributed by atoms with Crippen LogP contribution in [0.15, 0.2) is 77.7 Å². The molecule has 1 heterocycles. The number of carbonyl (C=O) groups excluding carboxylic acids is 1.